The highest BCUT2D eigenvalue weighted by molar-refractivity contribution is 7.07. The molecule has 0 aliphatic heterocycles. The van der Waals surface area contributed by atoms with Crippen molar-refractivity contribution < 1.29 is 0 Å². The van der Waals surface area contributed by atoms with Crippen LogP contribution in [0.3, 0.4) is 0 Å². The molecule has 0 N–H and O–H groups in total. The van der Waals surface area contributed by atoms with Crippen molar-refractivity contribution >= 4 is 17.0 Å². The third-order valence-electron chi connectivity index (χ3n) is 4.01. The number of rotatable bonds is 3. The Morgan fingerprint density at radius 3 is 2.67 bits per heavy atom. The van der Waals surface area contributed by atoms with E-state index in [1.54, 1.807) is 24.6 Å². The van der Waals surface area contributed by atoms with Gasteiger partial charge in [-0.15, -0.1) is 11.3 Å². The summed E-state index contributed by atoms with van der Waals surface area (Å²) in [5.41, 5.74) is 6.66. The number of aryl methyl sites for hydroxylation is 2. The zero-order chi connectivity index (χ0) is 17.1. The monoisotopic (exact) mass is 336 g/mol. The zero-order valence-corrected chi connectivity index (χ0v) is 15.1. The summed E-state index contributed by atoms with van der Waals surface area (Å²) in [6, 6.07) is 10.4. The van der Waals surface area contributed by atoms with Crippen LogP contribution >= 0.6 is 11.3 Å². The lowest BCUT2D eigenvalue weighted by Gasteiger charge is -2.08. The number of pyridine rings is 1. The van der Waals surface area contributed by atoms with Gasteiger partial charge in [0.15, 0.2) is 0 Å². The SMILES string of the molecule is CN=c1scc(-c2ccc(C)c(C)c2)n1/N=C(/C)c1cccnc1. The molecule has 0 radical (unpaired) electrons. The fourth-order valence-electron chi connectivity index (χ4n) is 2.43. The van der Waals surface area contributed by atoms with Crippen LogP contribution in [0.2, 0.25) is 0 Å². The maximum Gasteiger partial charge on any atom is 0.205 e. The van der Waals surface area contributed by atoms with Gasteiger partial charge in [0.1, 0.15) is 0 Å². The van der Waals surface area contributed by atoms with Crippen LogP contribution in [-0.4, -0.2) is 22.4 Å². The molecule has 1 aromatic carbocycles. The molecule has 3 rings (SSSR count). The number of nitrogens with zero attached hydrogens (tertiary/aromatic N) is 4. The molecule has 3 aromatic rings. The zero-order valence-electron chi connectivity index (χ0n) is 14.3. The summed E-state index contributed by atoms with van der Waals surface area (Å²) in [7, 11) is 1.79. The van der Waals surface area contributed by atoms with Crippen molar-refractivity contribution in [2.75, 3.05) is 7.05 Å². The first-order valence-electron chi connectivity index (χ1n) is 7.77. The second-order valence-corrected chi connectivity index (χ2v) is 6.50. The van der Waals surface area contributed by atoms with Crippen molar-refractivity contribution in [1.29, 1.82) is 0 Å². The van der Waals surface area contributed by atoms with E-state index < -0.39 is 0 Å². The highest BCUT2D eigenvalue weighted by Gasteiger charge is 2.09. The molecule has 4 nitrogen and oxygen atoms in total. The maximum atomic E-state index is 4.80. The predicted octanol–water partition coefficient (Wildman–Crippen LogP) is 4.03. The van der Waals surface area contributed by atoms with E-state index in [1.807, 2.05) is 29.9 Å². The van der Waals surface area contributed by atoms with Crippen LogP contribution in [0.1, 0.15) is 23.6 Å². The second-order valence-electron chi connectivity index (χ2n) is 5.67. The molecule has 0 amide bonds. The van der Waals surface area contributed by atoms with Crippen LogP contribution in [0.4, 0.5) is 0 Å². The topological polar surface area (TPSA) is 42.5 Å². The Bertz CT molecular complexity index is 949. The number of aromatic nitrogens is 2. The van der Waals surface area contributed by atoms with Crippen LogP contribution in [0.15, 0.2) is 58.2 Å². The molecule has 0 fully saturated rings. The summed E-state index contributed by atoms with van der Waals surface area (Å²) in [4.78, 5) is 9.40. The van der Waals surface area contributed by atoms with Gasteiger partial charge >= 0.3 is 0 Å². The van der Waals surface area contributed by atoms with E-state index >= 15 is 0 Å². The van der Waals surface area contributed by atoms with E-state index in [1.165, 1.54) is 11.1 Å². The lowest BCUT2D eigenvalue weighted by molar-refractivity contribution is 0.841. The van der Waals surface area contributed by atoms with Crippen molar-refractivity contribution in [2.24, 2.45) is 10.1 Å². The molecule has 2 aromatic heterocycles. The fraction of sp³-hybridized carbons (Fsp3) is 0.211. The van der Waals surface area contributed by atoms with Gasteiger partial charge < -0.3 is 0 Å². The van der Waals surface area contributed by atoms with E-state index in [0.717, 1.165) is 27.3 Å². The third-order valence-corrected chi connectivity index (χ3v) is 4.92. The highest BCUT2D eigenvalue weighted by Crippen LogP contribution is 2.23. The molecule has 0 aliphatic rings. The molecular formula is C19H20N4S. The average molecular weight is 336 g/mol. The molecule has 0 saturated carbocycles. The predicted molar refractivity (Wildman–Crippen MR) is 101 cm³/mol. The normalized spacial score (nSPS) is 12.7. The summed E-state index contributed by atoms with van der Waals surface area (Å²) in [6.07, 6.45) is 3.59. The standard InChI is InChI=1S/C19H20N4S/c1-13-7-8-16(10-14(13)2)18-12-24-19(20-4)23(18)22-15(3)17-6-5-9-21-11-17/h5-12H,1-4H3/b20-19?,22-15-. The van der Waals surface area contributed by atoms with Crippen LogP contribution < -0.4 is 4.80 Å². The third kappa shape index (κ3) is 3.21. The fourth-order valence-corrected chi connectivity index (χ4v) is 3.23. The average Bonchev–Trinajstić information content (AvgIpc) is 3.00. The summed E-state index contributed by atoms with van der Waals surface area (Å²) >= 11 is 1.59. The number of thiazole rings is 1. The van der Waals surface area contributed by atoms with E-state index in [2.05, 4.69) is 47.4 Å². The molecule has 2 heterocycles. The quantitative estimate of drug-likeness (QED) is 0.666. The van der Waals surface area contributed by atoms with Gasteiger partial charge in [-0.2, -0.15) is 5.10 Å². The molecule has 0 aliphatic carbocycles. The lowest BCUT2D eigenvalue weighted by atomic mass is 10.1. The van der Waals surface area contributed by atoms with Gasteiger partial charge in [0.25, 0.3) is 0 Å². The molecule has 122 valence electrons. The Kier molecular flexibility index (Phi) is 4.71. The van der Waals surface area contributed by atoms with Gasteiger partial charge in [-0.3, -0.25) is 9.98 Å². The summed E-state index contributed by atoms with van der Waals surface area (Å²) in [5, 5.41) is 6.90. The number of benzene rings is 1. The summed E-state index contributed by atoms with van der Waals surface area (Å²) in [6.45, 7) is 6.24. The Balaban J connectivity index is 2.14. The van der Waals surface area contributed by atoms with Gasteiger partial charge in [0, 0.05) is 35.9 Å². The van der Waals surface area contributed by atoms with Crippen molar-refractivity contribution in [3.05, 3.63) is 69.6 Å². The molecule has 0 atom stereocenters. The van der Waals surface area contributed by atoms with Crippen LogP contribution in [0.25, 0.3) is 11.3 Å². The van der Waals surface area contributed by atoms with Gasteiger partial charge in [-0.25, -0.2) is 4.68 Å². The summed E-state index contributed by atoms with van der Waals surface area (Å²) < 4.78 is 1.91. The van der Waals surface area contributed by atoms with Crippen LogP contribution in [0, 0.1) is 13.8 Å². The van der Waals surface area contributed by atoms with Crippen molar-refractivity contribution in [2.45, 2.75) is 20.8 Å². The Morgan fingerprint density at radius 2 is 2.00 bits per heavy atom. The first kappa shape index (κ1) is 16.3. The Labute approximate surface area is 145 Å². The number of hydrogen-bond acceptors (Lipinski definition) is 4. The van der Waals surface area contributed by atoms with E-state index in [9.17, 15) is 0 Å². The van der Waals surface area contributed by atoms with Gasteiger partial charge in [0.2, 0.25) is 4.80 Å². The minimum Gasteiger partial charge on any atom is -0.264 e. The van der Waals surface area contributed by atoms with Gasteiger partial charge in [-0.05, 0) is 44.0 Å². The molecule has 0 spiro atoms. The van der Waals surface area contributed by atoms with Crippen LogP contribution in [0.5, 0.6) is 0 Å². The smallest absolute Gasteiger partial charge is 0.205 e. The molecule has 0 unspecified atom stereocenters. The van der Waals surface area contributed by atoms with Crippen molar-refractivity contribution in [1.82, 2.24) is 9.66 Å². The molecule has 5 heteroatoms. The van der Waals surface area contributed by atoms with E-state index in [0.29, 0.717) is 0 Å². The Hall–Kier alpha value is -2.53. The van der Waals surface area contributed by atoms with Crippen molar-refractivity contribution in [3.8, 4) is 11.3 Å². The van der Waals surface area contributed by atoms with Crippen molar-refractivity contribution in [3.63, 3.8) is 0 Å². The first-order valence-corrected chi connectivity index (χ1v) is 8.65. The summed E-state index contributed by atoms with van der Waals surface area (Å²) in [5.74, 6) is 0. The minimum absolute atomic E-state index is 0.867. The highest BCUT2D eigenvalue weighted by atomic mass is 32.1. The van der Waals surface area contributed by atoms with E-state index in [-0.39, 0.29) is 0 Å². The molecule has 24 heavy (non-hydrogen) atoms. The van der Waals surface area contributed by atoms with Gasteiger partial charge in [0.05, 0.1) is 11.4 Å². The maximum absolute atomic E-state index is 4.80. The molecule has 0 bridgehead atoms. The van der Waals surface area contributed by atoms with Crippen LogP contribution in [-0.2, 0) is 0 Å². The minimum atomic E-state index is 0.867. The first-order chi connectivity index (χ1) is 11.6. The Morgan fingerprint density at radius 1 is 1.17 bits per heavy atom. The number of hydrogen-bond donors (Lipinski definition) is 0. The second kappa shape index (κ2) is 6.93. The lowest BCUT2D eigenvalue weighted by Crippen LogP contribution is -2.13. The molecule has 0 saturated heterocycles. The van der Waals surface area contributed by atoms with Gasteiger partial charge in [-0.1, -0.05) is 18.2 Å². The molecular weight excluding hydrogens is 316 g/mol. The largest absolute Gasteiger partial charge is 0.264 e. The van der Waals surface area contributed by atoms with E-state index in [4.69, 9.17) is 5.10 Å².